The summed E-state index contributed by atoms with van der Waals surface area (Å²) in [7, 11) is 0. The molecule has 3 rings (SSSR count). The van der Waals surface area contributed by atoms with E-state index >= 15 is 0 Å². The quantitative estimate of drug-likeness (QED) is 0.549. The Morgan fingerprint density at radius 2 is 2.00 bits per heavy atom. The molecule has 0 aromatic heterocycles. The molecule has 2 nitrogen and oxygen atoms in total. The SMILES string of the molecule is O=CCC(C1CC2C=CC1C2)N1CCCCC1. The van der Waals surface area contributed by atoms with Gasteiger partial charge in [0, 0.05) is 12.5 Å². The molecule has 0 spiro atoms. The van der Waals surface area contributed by atoms with E-state index in [4.69, 9.17) is 0 Å². The summed E-state index contributed by atoms with van der Waals surface area (Å²) in [6.07, 6.45) is 13.4. The third-order valence-electron chi connectivity index (χ3n) is 5.02. The topological polar surface area (TPSA) is 20.3 Å². The van der Waals surface area contributed by atoms with Crippen molar-refractivity contribution < 1.29 is 4.79 Å². The molecular weight excluding hydrogens is 210 g/mol. The van der Waals surface area contributed by atoms with Gasteiger partial charge in [-0.25, -0.2) is 0 Å². The van der Waals surface area contributed by atoms with Gasteiger partial charge in [0.1, 0.15) is 6.29 Å². The van der Waals surface area contributed by atoms with Crippen molar-refractivity contribution >= 4 is 6.29 Å². The smallest absolute Gasteiger partial charge is 0.121 e. The van der Waals surface area contributed by atoms with Crippen LogP contribution in [0.1, 0.15) is 38.5 Å². The molecule has 1 heterocycles. The van der Waals surface area contributed by atoms with Gasteiger partial charge >= 0.3 is 0 Å². The lowest BCUT2D eigenvalue weighted by atomic mass is 9.84. The first-order valence-electron chi connectivity index (χ1n) is 7.24. The Labute approximate surface area is 104 Å². The van der Waals surface area contributed by atoms with Crippen LogP contribution in [0.5, 0.6) is 0 Å². The lowest BCUT2D eigenvalue weighted by Crippen LogP contribution is -2.45. The first-order valence-corrected chi connectivity index (χ1v) is 7.24. The highest BCUT2D eigenvalue weighted by Gasteiger charge is 2.41. The van der Waals surface area contributed by atoms with E-state index in [1.165, 1.54) is 45.2 Å². The number of piperidine rings is 1. The molecule has 17 heavy (non-hydrogen) atoms. The molecule has 2 heteroatoms. The second-order valence-corrected chi connectivity index (χ2v) is 6.01. The maximum atomic E-state index is 11.0. The standard InChI is InChI=1S/C15H23NO/c17-9-6-15(16-7-2-1-3-8-16)14-11-12-4-5-13(14)10-12/h4-5,9,12-15H,1-3,6-8,10-11H2. The Hall–Kier alpha value is -0.630. The van der Waals surface area contributed by atoms with E-state index < -0.39 is 0 Å². The first kappa shape index (κ1) is 11.5. The molecule has 0 radical (unpaired) electrons. The van der Waals surface area contributed by atoms with Gasteiger partial charge in [-0.3, -0.25) is 4.90 Å². The summed E-state index contributed by atoms with van der Waals surface area (Å²) in [5.41, 5.74) is 0. The van der Waals surface area contributed by atoms with Crippen LogP contribution in [0.3, 0.4) is 0 Å². The van der Waals surface area contributed by atoms with Crippen molar-refractivity contribution in [3.05, 3.63) is 12.2 Å². The average Bonchev–Trinajstić information content (AvgIpc) is 2.99. The molecule has 0 aromatic carbocycles. The summed E-state index contributed by atoms with van der Waals surface area (Å²) < 4.78 is 0. The number of rotatable bonds is 4. The molecular formula is C15H23NO. The van der Waals surface area contributed by atoms with Gasteiger partial charge in [0.15, 0.2) is 0 Å². The molecule has 1 saturated carbocycles. The normalized spacial score (nSPS) is 38.5. The molecule has 3 aliphatic rings. The number of hydrogen-bond donors (Lipinski definition) is 0. The fraction of sp³-hybridized carbons (Fsp3) is 0.800. The summed E-state index contributed by atoms with van der Waals surface area (Å²) in [4.78, 5) is 13.6. The fourth-order valence-corrected chi connectivity index (χ4v) is 4.21. The summed E-state index contributed by atoms with van der Waals surface area (Å²) in [6, 6.07) is 0.535. The van der Waals surface area contributed by atoms with Crippen molar-refractivity contribution in [1.82, 2.24) is 4.90 Å². The van der Waals surface area contributed by atoms with Crippen LogP contribution in [0.25, 0.3) is 0 Å². The summed E-state index contributed by atoms with van der Waals surface area (Å²) >= 11 is 0. The predicted octanol–water partition coefficient (Wildman–Crippen LogP) is 2.64. The highest BCUT2D eigenvalue weighted by Crippen LogP contribution is 2.46. The van der Waals surface area contributed by atoms with Gasteiger partial charge in [-0.05, 0) is 56.5 Å². The molecule has 4 atom stereocenters. The van der Waals surface area contributed by atoms with Gasteiger partial charge in [-0.2, -0.15) is 0 Å². The molecule has 2 fully saturated rings. The Kier molecular flexibility index (Phi) is 3.32. The molecule has 94 valence electrons. The molecule has 2 aliphatic carbocycles. The number of allylic oxidation sites excluding steroid dienone is 2. The minimum atomic E-state index is 0.535. The van der Waals surface area contributed by atoms with Crippen molar-refractivity contribution in [2.75, 3.05) is 13.1 Å². The molecule has 1 saturated heterocycles. The van der Waals surface area contributed by atoms with Crippen LogP contribution < -0.4 is 0 Å². The van der Waals surface area contributed by atoms with Gasteiger partial charge in [0.25, 0.3) is 0 Å². The first-order chi connectivity index (χ1) is 8.38. The van der Waals surface area contributed by atoms with Gasteiger partial charge in [0.05, 0.1) is 0 Å². The zero-order valence-corrected chi connectivity index (χ0v) is 10.6. The Balaban J connectivity index is 1.70. The van der Waals surface area contributed by atoms with E-state index in [1.807, 2.05) is 0 Å². The lowest BCUT2D eigenvalue weighted by molar-refractivity contribution is -0.109. The van der Waals surface area contributed by atoms with E-state index in [2.05, 4.69) is 17.1 Å². The molecule has 2 bridgehead atoms. The van der Waals surface area contributed by atoms with Crippen LogP contribution in [-0.2, 0) is 4.79 Å². The fourth-order valence-electron chi connectivity index (χ4n) is 4.21. The zero-order valence-electron chi connectivity index (χ0n) is 10.6. The number of aldehydes is 1. The molecule has 0 aromatic rings. The maximum absolute atomic E-state index is 11.0. The molecule has 0 N–H and O–H groups in total. The van der Waals surface area contributed by atoms with Crippen LogP contribution in [-0.4, -0.2) is 30.3 Å². The van der Waals surface area contributed by atoms with Crippen LogP contribution in [0.15, 0.2) is 12.2 Å². The van der Waals surface area contributed by atoms with E-state index in [-0.39, 0.29) is 0 Å². The number of nitrogens with zero attached hydrogens (tertiary/aromatic N) is 1. The minimum Gasteiger partial charge on any atom is -0.303 e. The monoisotopic (exact) mass is 233 g/mol. The second-order valence-electron chi connectivity index (χ2n) is 6.01. The summed E-state index contributed by atoms with van der Waals surface area (Å²) in [5.74, 6) is 2.35. The summed E-state index contributed by atoms with van der Waals surface area (Å²) in [5, 5.41) is 0. The predicted molar refractivity (Wildman–Crippen MR) is 68.7 cm³/mol. The Morgan fingerprint density at radius 3 is 2.59 bits per heavy atom. The number of hydrogen-bond acceptors (Lipinski definition) is 2. The number of carbonyl (C=O) groups excluding carboxylic acids is 1. The van der Waals surface area contributed by atoms with Crippen molar-refractivity contribution in [3.63, 3.8) is 0 Å². The van der Waals surface area contributed by atoms with E-state index in [0.717, 1.165) is 30.5 Å². The molecule has 4 unspecified atom stereocenters. The van der Waals surface area contributed by atoms with Crippen LogP contribution in [0.4, 0.5) is 0 Å². The Bertz CT molecular complexity index is 306. The maximum Gasteiger partial charge on any atom is 0.121 e. The van der Waals surface area contributed by atoms with Crippen molar-refractivity contribution in [2.45, 2.75) is 44.6 Å². The largest absolute Gasteiger partial charge is 0.303 e. The van der Waals surface area contributed by atoms with Gasteiger partial charge in [0.2, 0.25) is 0 Å². The van der Waals surface area contributed by atoms with Gasteiger partial charge in [-0.1, -0.05) is 18.6 Å². The molecule has 0 amide bonds. The highest BCUT2D eigenvalue weighted by molar-refractivity contribution is 5.50. The zero-order chi connectivity index (χ0) is 11.7. The second kappa shape index (κ2) is 4.93. The minimum absolute atomic E-state index is 0.535. The van der Waals surface area contributed by atoms with Gasteiger partial charge < -0.3 is 4.79 Å². The number of carbonyl (C=O) groups is 1. The van der Waals surface area contributed by atoms with Crippen molar-refractivity contribution in [1.29, 1.82) is 0 Å². The summed E-state index contributed by atoms with van der Waals surface area (Å²) in [6.45, 7) is 2.44. The van der Waals surface area contributed by atoms with Crippen molar-refractivity contribution in [2.24, 2.45) is 17.8 Å². The van der Waals surface area contributed by atoms with E-state index in [0.29, 0.717) is 6.04 Å². The van der Waals surface area contributed by atoms with E-state index in [9.17, 15) is 4.79 Å². The molecule has 1 aliphatic heterocycles. The van der Waals surface area contributed by atoms with E-state index in [1.54, 1.807) is 0 Å². The Morgan fingerprint density at radius 1 is 1.18 bits per heavy atom. The van der Waals surface area contributed by atoms with Crippen LogP contribution in [0, 0.1) is 17.8 Å². The number of likely N-dealkylation sites (tertiary alicyclic amines) is 1. The van der Waals surface area contributed by atoms with Crippen LogP contribution >= 0.6 is 0 Å². The van der Waals surface area contributed by atoms with Gasteiger partial charge in [-0.15, -0.1) is 0 Å². The lowest BCUT2D eigenvalue weighted by Gasteiger charge is -2.39. The van der Waals surface area contributed by atoms with Crippen LogP contribution in [0.2, 0.25) is 0 Å². The average molecular weight is 233 g/mol. The third kappa shape index (κ3) is 2.20. The van der Waals surface area contributed by atoms with Crippen molar-refractivity contribution in [3.8, 4) is 0 Å². The number of fused-ring (bicyclic) bond motifs is 2. The third-order valence-corrected chi connectivity index (χ3v) is 5.02. The highest BCUT2D eigenvalue weighted by atomic mass is 16.1.